The molecule has 0 aliphatic heterocycles. The molecular formula is C39H41BrO4. The fourth-order valence-corrected chi connectivity index (χ4v) is 4.95. The maximum absolute atomic E-state index is 6.70. The van der Waals surface area contributed by atoms with Crippen LogP contribution in [0.4, 0.5) is 0 Å². The Morgan fingerprint density at radius 1 is 0.545 bits per heavy atom. The second-order valence-electron chi connectivity index (χ2n) is 10.0. The van der Waals surface area contributed by atoms with Gasteiger partial charge in [0.15, 0.2) is 0 Å². The second kappa shape index (κ2) is 17.8. The average molecular weight is 654 g/mol. The van der Waals surface area contributed by atoms with Gasteiger partial charge in [0.1, 0.15) is 48.9 Å². The first-order valence-corrected chi connectivity index (χ1v) is 16.3. The Morgan fingerprint density at radius 3 is 1.50 bits per heavy atom. The molecule has 0 fully saturated rings. The molecule has 4 nitrogen and oxygen atoms in total. The highest BCUT2D eigenvalue weighted by molar-refractivity contribution is 9.09. The minimum Gasteiger partial charge on any atom is -0.489 e. The van der Waals surface area contributed by atoms with Gasteiger partial charge in [0.05, 0.1) is 0 Å². The normalized spacial score (nSPS) is 11.1. The lowest BCUT2D eigenvalue weighted by molar-refractivity contribution is 0.197. The fraction of sp³-hybridized carbons (Fsp3) is 0.231. The largest absolute Gasteiger partial charge is 0.489 e. The molecule has 0 aliphatic rings. The summed E-state index contributed by atoms with van der Waals surface area (Å²) in [7, 11) is 0. The molecule has 0 radical (unpaired) electrons. The van der Waals surface area contributed by atoms with Gasteiger partial charge >= 0.3 is 0 Å². The summed E-state index contributed by atoms with van der Waals surface area (Å²) in [6, 6.07) is 42.5. The summed E-state index contributed by atoms with van der Waals surface area (Å²) in [4.78, 5) is 0. The molecule has 1 atom stereocenters. The Hall–Kier alpha value is -4.22. The van der Waals surface area contributed by atoms with Crippen molar-refractivity contribution in [3.05, 3.63) is 155 Å². The van der Waals surface area contributed by atoms with E-state index in [1.54, 1.807) is 0 Å². The third kappa shape index (κ3) is 9.92. The van der Waals surface area contributed by atoms with Crippen molar-refractivity contribution < 1.29 is 18.9 Å². The van der Waals surface area contributed by atoms with E-state index in [-0.39, 0.29) is 6.10 Å². The zero-order chi connectivity index (χ0) is 31.0. The van der Waals surface area contributed by atoms with E-state index in [1.165, 1.54) is 0 Å². The number of alkyl halides is 1. The Balaban J connectivity index is 0.00000216. The molecule has 0 saturated heterocycles. The lowest BCUT2D eigenvalue weighted by Gasteiger charge is -2.23. The quantitative estimate of drug-likeness (QED) is 0.112. The van der Waals surface area contributed by atoms with E-state index >= 15 is 0 Å². The molecule has 0 unspecified atom stereocenters. The molecule has 5 aromatic carbocycles. The van der Waals surface area contributed by atoms with Gasteiger partial charge in [-0.2, -0.15) is 0 Å². The first kappa shape index (κ1) is 32.7. The fourth-order valence-electron chi connectivity index (χ4n) is 4.54. The predicted octanol–water partition coefficient (Wildman–Crippen LogP) is 10.7. The maximum atomic E-state index is 6.70. The van der Waals surface area contributed by atoms with Gasteiger partial charge in [-0.15, -0.1) is 0 Å². The topological polar surface area (TPSA) is 36.9 Å². The summed E-state index contributed by atoms with van der Waals surface area (Å²) in [5, 5.41) is 0.796. The minimum atomic E-state index is -0.169. The molecule has 0 aromatic heterocycles. The van der Waals surface area contributed by atoms with Crippen LogP contribution in [0, 0.1) is 6.92 Å². The van der Waals surface area contributed by atoms with Crippen molar-refractivity contribution in [2.75, 3.05) is 5.33 Å². The van der Waals surface area contributed by atoms with Crippen molar-refractivity contribution in [3.63, 3.8) is 0 Å². The Labute approximate surface area is 270 Å². The van der Waals surface area contributed by atoms with Crippen LogP contribution in [0.1, 0.15) is 54.2 Å². The van der Waals surface area contributed by atoms with E-state index in [4.69, 9.17) is 18.9 Å². The van der Waals surface area contributed by atoms with Gasteiger partial charge in [-0.3, -0.25) is 0 Å². The van der Waals surface area contributed by atoms with Crippen LogP contribution in [0.2, 0.25) is 0 Å². The molecule has 0 bridgehead atoms. The van der Waals surface area contributed by atoms with Crippen molar-refractivity contribution >= 4 is 15.9 Å². The van der Waals surface area contributed by atoms with Crippen molar-refractivity contribution in [1.82, 2.24) is 0 Å². The van der Waals surface area contributed by atoms with E-state index in [0.717, 1.165) is 56.8 Å². The van der Waals surface area contributed by atoms with Crippen LogP contribution in [0.5, 0.6) is 23.0 Å². The lowest BCUT2D eigenvalue weighted by atomic mass is 10.1. The molecule has 5 rings (SSSR count). The molecule has 5 aromatic rings. The number of rotatable bonds is 14. The molecule has 0 aliphatic carbocycles. The number of halogens is 1. The Morgan fingerprint density at radius 2 is 1.00 bits per heavy atom. The van der Waals surface area contributed by atoms with Gasteiger partial charge < -0.3 is 18.9 Å². The van der Waals surface area contributed by atoms with Gasteiger partial charge in [-0.1, -0.05) is 133 Å². The van der Waals surface area contributed by atoms with Crippen molar-refractivity contribution in [3.8, 4) is 23.0 Å². The first-order chi connectivity index (χ1) is 21.7. The Kier molecular flexibility index (Phi) is 13.2. The van der Waals surface area contributed by atoms with Gasteiger partial charge in [0, 0.05) is 23.0 Å². The maximum Gasteiger partial charge on any atom is 0.130 e. The zero-order valence-electron chi connectivity index (χ0n) is 25.7. The standard InChI is InChI=1S/C37H35BrO4.C2H6/c1-28-36(41-27-31-15-9-4-10-16-31)23-34(40-26-30-13-7-3-8-14-30)24-37(28)42-35(21-22-38)32-17-19-33(20-18-32)39-25-29-11-5-2-6-12-29;1-2/h2-20,23-24,35H,21-22,25-27H2,1H3;1-2H3/t35-;/m1./s1. The molecule has 44 heavy (non-hydrogen) atoms. The number of benzene rings is 5. The SMILES string of the molecule is CC.Cc1c(OCc2ccccc2)cc(OCc2ccccc2)cc1O[C@H](CCBr)c1ccc(OCc2ccccc2)cc1. The van der Waals surface area contributed by atoms with Crippen LogP contribution < -0.4 is 18.9 Å². The molecule has 0 spiro atoms. The van der Waals surface area contributed by atoms with E-state index in [0.29, 0.717) is 25.6 Å². The third-order valence-electron chi connectivity index (χ3n) is 6.91. The average Bonchev–Trinajstić information content (AvgIpc) is 3.09. The molecule has 0 saturated carbocycles. The highest BCUT2D eigenvalue weighted by Crippen LogP contribution is 2.38. The molecule has 0 amide bonds. The molecular weight excluding hydrogens is 612 g/mol. The van der Waals surface area contributed by atoms with Crippen LogP contribution in [-0.4, -0.2) is 5.33 Å². The summed E-state index contributed by atoms with van der Waals surface area (Å²) in [6.45, 7) is 7.47. The summed E-state index contributed by atoms with van der Waals surface area (Å²) >= 11 is 3.62. The highest BCUT2D eigenvalue weighted by atomic mass is 79.9. The van der Waals surface area contributed by atoms with E-state index in [9.17, 15) is 0 Å². The van der Waals surface area contributed by atoms with Gasteiger partial charge in [-0.25, -0.2) is 0 Å². The number of hydrogen-bond acceptors (Lipinski definition) is 4. The van der Waals surface area contributed by atoms with Crippen LogP contribution in [0.25, 0.3) is 0 Å². The molecule has 0 N–H and O–H groups in total. The molecule has 5 heteroatoms. The summed E-state index contributed by atoms with van der Waals surface area (Å²) in [5.74, 6) is 3.00. The van der Waals surface area contributed by atoms with Gasteiger partial charge in [-0.05, 0) is 47.7 Å². The number of hydrogen-bond donors (Lipinski definition) is 0. The zero-order valence-corrected chi connectivity index (χ0v) is 27.3. The summed E-state index contributed by atoms with van der Waals surface area (Å²) in [5.41, 5.74) is 5.33. The predicted molar refractivity (Wildman–Crippen MR) is 183 cm³/mol. The summed E-state index contributed by atoms with van der Waals surface area (Å²) in [6.07, 6.45) is 0.622. The van der Waals surface area contributed by atoms with Gasteiger partial charge in [0.2, 0.25) is 0 Å². The van der Waals surface area contributed by atoms with Crippen molar-refractivity contribution in [1.29, 1.82) is 0 Å². The van der Waals surface area contributed by atoms with Crippen LogP contribution in [0.15, 0.2) is 127 Å². The van der Waals surface area contributed by atoms with E-state index in [1.807, 2.05) is 99.6 Å². The third-order valence-corrected chi connectivity index (χ3v) is 7.37. The Bertz CT molecular complexity index is 1510. The smallest absolute Gasteiger partial charge is 0.130 e. The first-order valence-electron chi connectivity index (χ1n) is 15.2. The van der Waals surface area contributed by atoms with Gasteiger partial charge in [0.25, 0.3) is 0 Å². The number of ether oxygens (including phenoxy) is 4. The van der Waals surface area contributed by atoms with Crippen molar-refractivity contribution in [2.45, 2.75) is 53.1 Å². The van der Waals surface area contributed by atoms with Crippen LogP contribution in [0.3, 0.4) is 0 Å². The second-order valence-corrected chi connectivity index (χ2v) is 10.8. The van der Waals surface area contributed by atoms with Crippen molar-refractivity contribution in [2.24, 2.45) is 0 Å². The van der Waals surface area contributed by atoms with E-state index < -0.39 is 0 Å². The molecule has 0 heterocycles. The minimum absolute atomic E-state index is 0.169. The lowest BCUT2D eigenvalue weighted by Crippen LogP contribution is -2.10. The monoisotopic (exact) mass is 652 g/mol. The van der Waals surface area contributed by atoms with Crippen LogP contribution >= 0.6 is 15.9 Å². The highest BCUT2D eigenvalue weighted by Gasteiger charge is 2.18. The van der Waals surface area contributed by atoms with E-state index in [2.05, 4.69) is 64.5 Å². The van der Waals surface area contributed by atoms with Crippen LogP contribution in [-0.2, 0) is 19.8 Å². The summed E-state index contributed by atoms with van der Waals surface area (Å²) < 4.78 is 25.2. The molecule has 228 valence electrons.